The average molecular weight is 291 g/mol. The van der Waals surface area contributed by atoms with Gasteiger partial charge in [-0.3, -0.25) is 0 Å². The van der Waals surface area contributed by atoms with Crippen molar-refractivity contribution in [2.24, 2.45) is 0 Å². The van der Waals surface area contributed by atoms with Crippen LogP contribution in [0.15, 0.2) is 29.6 Å². The van der Waals surface area contributed by atoms with E-state index in [0.29, 0.717) is 6.04 Å². The van der Waals surface area contributed by atoms with E-state index in [0.717, 1.165) is 17.9 Å². The lowest BCUT2D eigenvalue weighted by Gasteiger charge is -2.16. The average Bonchev–Trinajstić information content (AvgIpc) is 2.90. The lowest BCUT2D eigenvalue weighted by Crippen LogP contribution is -2.18. The molecule has 1 N–H and O–H groups in total. The Balaban J connectivity index is 2.19. The van der Waals surface area contributed by atoms with Crippen LogP contribution < -0.4 is 14.8 Å². The van der Waals surface area contributed by atoms with Gasteiger partial charge in [-0.2, -0.15) is 0 Å². The Kier molecular flexibility index (Phi) is 5.04. The molecule has 2 aromatic rings. The molecule has 0 radical (unpaired) electrons. The molecule has 1 atom stereocenters. The van der Waals surface area contributed by atoms with Gasteiger partial charge in [-0.15, -0.1) is 11.3 Å². The van der Waals surface area contributed by atoms with Gasteiger partial charge in [0.05, 0.1) is 14.2 Å². The van der Waals surface area contributed by atoms with Gasteiger partial charge in [-0.1, -0.05) is 6.07 Å². The first-order chi connectivity index (χ1) is 9.67. The number of thiophene rings is 1. The van der Waals surface area contributed by atoms with Gasteiger partial charge in [-0.05, 0) is 55.1 Å². The van der Waals surface area contributed by atoms with Crippen LogP contribution in [-0.4, -0.2) is 21.3 Å². The lowest BCUT2D eigenvalue weighted by atomic mass is 10.0. The smallest absolute Gasteiger partial charge is 0.160 e. The van der Waals surface area contributed by atoms with E-state index in [1.807, 2.05) is 19.2 Å². The molecule has 1 unspecified atom stereocenters. The zero-order valence-corrected chi connectivity index (χ0v) is 13.2. The molecule has 4 heteroatoms. The standard InChI is InChI=1S/C16H21NO2S/c1-11-7-13(10-20-11)14(17-2)8-12-5-6-15(18-3)16(9-12)19-4/h5-7,9-10,14,17H,8H2,1-4H3. The van der Waals surface area contributed by atoms with E-state index in [4.69, 9.17) is 9.47 Å². The van der Waals surface area contributed by atoms with E-state index in [1.54, 1.807) is 25.6 Å². The summed E-state index contributed by atoms with van der Waals surface area (Å²) < 4.78 is 10.6. The first-order valence-electron chi connectivity index (χ1n) is 6.61. The van der Waals surface area contributed by atoms with Crippen molar-refractivity contribution >= 4 is 11.3 Å². The maximum Gasteiger partial charge on any atom is 0.160 e. The van der Waals surface area contributed by atoms with Gasteiger partial charge in [0.15, 0.2) is 11.5 Å². The van der Waals surface area contributed by atoms with Crippen LogP contribution in [0.25, 0.3) is 0 Å². The Bertz CT molecular complexity index is 565. The van der Waals surface area contributed by atoms with Crippen LogP contribution in [0.2, 0.25) is 0 Å². The summed E-state index contributed by atoms with van der Waals surface area (Å²) in [5.41, 5.74) is 2.57. The summed E-state index contributed by atoms with van der Waals surface area (Å²) in [5, 5.41) is 5.60. The summed E-state index contributed by atoms with van der Waals surface area (Å²) >= 11 is 1.79. The fraction of sp³-hybridized carbons (Fsp3) is 0.375. The normalized spacial score (nSPS) is 12.2. The van der Waals surface area contributed by atoms with E-state index in [9.17, 15) is 0 Å². The van der Waals surface area contributed by atoms with Gasteiger partial charge in [0.25, 0.3) is 0 Å². The molecule has 1 aromatic heterocycles. The quantitative estimate of drug-likeness (QED) is 0.882. The largest absolute Gasteiger partial charge is 0.493 e. The molecule has 0 amide bonds. The predicted octanol–water partition coefficient (Wildman–Crippen LogP) is 3.58. The van der Waals surface area contributed by atoms with Crippen LogP contribution in [0.1, 0.15) is 22.0 Å². The number of hydrogen-bond donors (Lipinski definition) is 1. The molecule has 20 heavy (non-hydrogen) atoms. The van der Waals surface area contributed by atoms with Crippen molar-refractivity contribution in [2.75, 3.05) is 21.3 Å². The minimum absolute atomic E-state index is 0.318. The summed E-state index contributed by atoms with van der Waals surface area (Å²) in [7, 11) is 5.32. The first kappa shape index (κ1) is 14.9. The highest BCUT2D eigenvalue weighted by Gasteiger charge is 2.13. The third-order valence-corrected chi connectivity index (χ3v) is 4.27. The van der Waals surface area contributed by atoms with Gasteiger partial charge in [0, 0.05) is 10.9 Å². The monoisotopic (exact) mass is 291 g/mol. The van der Waals surface area contributed by atoms with Gasteiger partial charge < -0.3 is 14.8 Å². The van der Waals surface area contributed by atoms with Gasteiger partial charge >= 0.3 is 0 Å². The summed E-state index contributed by atoms with van der Waals surface area (Å²) in [6, 6.07) is 8.65. The molecule has 1 heterocycles. The Labute approximate surface area is 124 Å². The van der Waals surface area contributed by atoms with Crippen molar-refractivity contribution < 1.29 is 9.47 Å². The minimum Gasteiger partial charge on any atom is -0.493 e. The Morgan fingerprint density at radius 2 is 1.90 bits per heavy atom. The molecular formula is C16H21NO2S. The summed E-state index contributed by atoms with van der Waals surface area (Å²) in [4.78, 5) is 1.34. The molecule has 0 saturated carbocycles. The SMILES string of the molecule is CNC(Cc1ccc(OC)c(OC)c1)c1csc(C)c1. The predicted molar refractivity (Wildman–Crippen MR) is 84.1 cm³/mol. The van der Waals surface area contributed by atoms with Gasteiger partial charge in [0.1, 0.15) is 0 Å². The van der Waals surface area contributed by atoms with Gasteiger partial charge in [-0.25, -0.2) is 0 Å². The fourth-order valence-corrected chi connectivity index (χ4v) is 3.03. The number of rotatable bonds is 6. The molecule has 3 nitrogen and oxygen atoms in total. The molecule has 2 rings (SSSR count). The van der Waals surface area contributed by atoms with Gasteiger partial charge in [0.2, 0.25) is 0 Å². The fourth-order valence-electron chi connectivity index (χ4n) is 2.28. The molecule has 0 bridgehead atoms. The number of likely N-dealkylation sites (N-methyl/N-ethyl adjacent to an activating group) is 1. The molecule has 0 fully saturated rings. The van der Waals surface area contributed by atoms with E-state index >= 15 is 0 Å². The second-order valence-electron chi connectivity index (χ2n) is 4.73. The number of hydrogen-bond acceptors (Lipinski definition) is 4. The number of aryl methyl sites for hydroxylation is 1. The minimum atomic E-state index is 0.318. The first-order valence-corrected chi connectivity index (χ1v) is 7.49. The van der Waals surface area contributed by atoms with E-state index < -0.39 is 0 Å². The van der Waals surface area contributed by atoms with Crippen molar-refractivity contribution in [1.29, 1.82) is 0 Å². The van der Waals surface area contributed by atoms with E-state index in [-0.39, 0.29) is 0 Å². The molecule has 0 aliphatic carbocycles. The number of benzene rings is 1. The molecule has 1 aromatic carbocycles. The highest BCUT2D eigenvalue weighted by atomic mass is 32.1. The van der Waals surface area contributed by atoms with Crippen molar-refractivity contribution in [3.63, 3.8) is 0 Å². The van der Waals surface area contributed by atoms with Crippen LogP contribution in [0, 0.1) is 6.92 Å². The van der Waals surface area contributed by atoms with Crippen LogP contribution >= 0.6 is 11.3 Å². The van der Waals surface area contributed by atoms with Crippen LogP contribution in [0.3, 0.4) is 0 Å². The second kappa shape index (κ2) is 6.77. The lowest BCUT2D eigenvalue weighted by molar-refractivity contribution is 0.354. The van der Waals surface area contributed by atoms with Crippen molar-refractivity contribution in [3.8, 4) is 11.5 Å². The molecular weight excluding hydrogens is 270 g/mol. The van der Waals surface area contributed by atoms with E-state index in [2.05, 4.69) is 29.8 Å². The van der Waals surface area contributed by atoms with Crippen LogP contribution in [-0.2, 0) is 6.42 Å². The Morgan fingerprint density at radius 3 is 2.45 bits per heavy atom. The Morgan fingerprint density at radius 1 is 1.15 bits per heavy atom. The maximum absolute atomic E-state index is 5.36. The molecule has 0 spiro atoms. The Hall–Kier alpha value is -1.52. The highest BCUT2D eigenvalue weighted by Crippen LogP contribution is 2.30. The van der Waals surface area contributed by atoms with E-state index in [1.165, 1.54) is 16.0 Å². The zero-order valence-electron chi connectivity index (χ0n) is 12.4. The van der Waals surface area contributed by atoms with Crippen LogP contribution in [0.4, 0.5) is 0 Å². The zero-order chi connectivity index (χ0) is 14.5. The molecule has 108 valence electrons. The molecule has 0 aliphatic rings. The summed E-state index contributed by atoms with van der Waals surface area (Å²) in [6.07, 6.45) is 0.924. The molecule has 0 aliphatic heterocycles. The van der Waals surface area contributed by atoms with Crippen molar-refractivity contribution in [1.82, 2.24) is 5.32 Å². The number of methoxy groups -OCH3 is 2. The second-order valence-corrected chi connectivity index (χ2v) is 5.84. The number of ether oxygens (including phenoxy) is 2. The topological polar surface area (TPSA) is 30.5 Å². The van der Waals surface area contributed by atoms with Crippen molar-refractivity contribution in [2.45, 2.75) is 19.4 Å². The third kappa shape index (κ3) is 3.32. The number of nitrogens with one attached hydrogen (secondary N) is 1. The summed E-state index contributed by atoms with van der Waals surface area (Å²) in [6.45, 7) is 2.14. The van der Waals surface area contributed by atoms with Crippen LogP contribution in [0.5, 0.6) is 11.5 Å². The maximum atomic E-state index is 5.36. The molecule has 0 saturated heterocycles. The summed E-state index contributed by atoms with van der Waals surface area (Å²) in [5.74, 6) is 1.55. The van der Waals surface area contributed by atoms with Crippen molar-refractivity contribution in [3.05, 3.63) is 45.6 Å². The third-order valence-electron chi connectivity index (χ3n) is 3.39. The highest BCUT2D eigenvalue weighted by molar-refractivity contribution is 7.10.